The molecule has 140 valence electrons. The molecule has 0 bridgehead atoms. The highest BCUT2D eigenvalue weighted by molar-refractivity contribution is 5.94. The van der Waals surface area contributed by atoms with Gasteiger partial charge in [-0.1, -0.05) is 30.3 Å². The zero-order chi connectivity index (χ0) is 17.6. The molecular weight excluding hydrogens is 354 g/mol. The number of halogens is 1. The first-order chi connectivity index (χ1) is 12.1. The summed E-state index contributed by atoms with van der Waals surface area (Å²) in [6.07, 6.45) is 3.24. The van der Waals surface area contributed by atoms with Crippen molar-refractivity contribution < 1.29 is 9.53 Å². The summed E-state index contributed by atoms with van der Waals surface area (Å²) in [7, 11) is 0. The van der Waals surface area contributed by atoms with Crippen LogP contribution in [-0.2, 0) is 16.1 Å². The van der Waals surface area contributed by atoms with Gasteiger partial charge in [-0.25, -0.2) is 0 Å². The third-order valence-corrected chi connectivity index (χ3v) is 4.55. The number of ether oxygens (including phenoxy) is 1. The largest absolute Gasteiger partial charge is 0.381 e. The molecule has 1 unspecified atom stereocenters. The van der Waals surface area contributed by atoms with Crippen LogP contribution >= 0.6 is 12.4 Å². The minimum Gasteiger partial charge on any atom is -0.381 e. The van der Waals surface area contributed by atoms with Gasteiger partial charge in [-0.2, -0.15) is 0 Å². The first-order valence-corrected chi connectivity index (χ1v) is 8.53. The quantitative estimate of drug-likeness (QED) is 0.834. The maximum Gasteiger partial charge on any atom is 0.274 e. The van der Waals surface area contributed by atoms with Crippen molar-refractivity contribution >= 4 is 24.0 Å². The number of nitrogens with one attached hydrogen (secondary N) is 1. The Labute approximate surface area is 158 Å². The van der Waals surface area contributed by atoms with E-state index in [1.807, 2.05) is 30.3 Å². The third kappa shape index (κ3) is 4.94. The van der Waals surface area contributed by atoms with Crippen molar-refractivity contribution in [2.24, 2.45) is 11.7 Å². The predicted octanol–water partition coefficient (Wildman–Crippen LogP) is 2.01. The van der Waals surface area contributed by atoms with Crippen molar-refractivity contribution in [2.75, 3.05) is 18.5 Å². The number of anilines is 1. The van der Waals surface area contributed by atoms with E-state index in [1.165, 1.54) is 0 Å². The first kappa shape index (κ1) is 20.2. The molecule has 1 aromatic carbocycles. The Morgan fingerprint density at radius 2 is 1.88 bits per heavy atom. The third-order valence-electron chi connectivity index (χ3n) is 4.55. The Balaban J connectivity index is 0.00000243. The molecule has 7 heteroatoms. The summed E-state index contributed by atoms with van der Waals surface area (Å²) in [5, 5.41) is 2.70. The van der Waals surface area contributed by atoms with Gasteiger partial charge in [0, 0.05) is 19.4 Å². The van der Waals surface area contributed by atoms with Crippen LogP contribution in [0.15, 0.2) is 53.5 Å². The summed E-state index contributed by atoms with van der Waals surface area (Å²) in [4.78, 5) is 25.0. The molecule has 1 amide bonds. The lowest BCUT2D eigenvalue weighted by atomic mass is 9.92. The number of hydrogen-bond donors (Lipinski definition) is 2. The molecule has 1 aliphatic rings. The Kier molecular flexibility index (Phi) is 7.38. The molecule has 0 radical (unpaired) electrons. The molecule has 3 N–H and O–H groups in total. The van der Waals surface area contributed by atoms with E-state index in [0.29, 0.717) is 19.8 Å². The van der Waals surface area contributed by atoms with E-state index in [1.54, 1.807) is 22.9 Å². The molecule has 0 aliphatic carbocycles. The van der Waals surface area contributed by atoms with Crippen molar-refractivity contribution in [3.05, 3.63) is 64.6 Å². The second-order valence-electron chi connectivity index (χ2n) is 6.31. The summed E-state index contributed by atoms with van der Waals surface area (Å²) in [6, 6.07) is 12.4. The Morgan fingerprint density at radius 3 is 2.58 bits per heavy atom. The minimum absolute atomic E-state index is 0. The fourth-order valence-corrected chi connectivity index (χ4v) is 3.04. The van der Waals surface area contributed by atoms with Gasteiger partial charge in [-0.3, -0.25) is 9.59 Å². The fourth-order valence-electron chi connectivity index (χ4n) is 3.04. The Morgan fingerprint density at radius 1 is 1.19 bits per heavy atom. The van der Waals surface area contributed by atoms with Crippen molar-refractivity contribution in [3.8, 4) is 0 Å². The van der Waals surface area contributed by atoms with Crippen LogP contribution in [0.3, 0.4) is 0 Å². The van der Waals surface area contributed by atoms with Crippen molar-refractivity contribution in [1.82, 2.24) is 4.57 Å². The summed E-state index contributed by atoms with van der Waals surface area (Å²) in [5.41, 5.74) is 7.11. The van der Waals surface area contributed by atoms with Crippen LogP contribution in [0.4, 0.5) is 5.69 Å². The monoisotopic (exact) mass is 377 g/mol. The smallest absolute Gasteiger partial charge is 0.274 e. The molecule has 3 rings (SSSR count). The number of carbonyl (C=O) groups is 1. The van der Waals surface area contributed by atoms with E-state index < -0.39 is 6.04 Å². The maximum atomic E-state index is 12.6. The van der Waals surface area contributed by atoms with Crippen LogP contribution in [0.5, 0.6) is 0 Å². The standard InChI is InChI=1S/C19H23N3O3.ClH/c20-17(15-8-11-25-12-9-15)18(23)21-16-7-4-10-22(19(16)24)13-14-5-2-1-3-6-14;/h1-7,10,15,17H,8-9,11-13,20H2,(H,21,23);1H. The summed E-state index contributed by atoms with van der Waals surface area (Å²) < 4.78 is 6.87. The van der Waals surface area contributed by atoms with E-state index in [-0.39, 0.29) is 35.5 Å². The van der Waals surface area contributed by atoms with Crippen LogP contribution in [0.2, 0.25) is 0 Å². The van der Waals surface area contributed by atoms with Crippen LogP contribution in [0.1, 0.15) is 18.4 Å². The highest BCUT2D eigenvalue weighted by atomic mass is 35.5. The van der Waals surface area contributed by atoms with Crippen LogP contribution in [0.25, 0.3) is 0 Å². The van der Waals surface area contributed by atoms with Crippen LogP contribution in [0, 0.1) is 5.92 Å². The molecule has 1 aliphatic heterocycles. The van der Waals surface area contributed by atoms with E-state index in [9.17, 15) is 9.59 Å². The van der Waals surface area contributed by atoms with E-state index >= 15 is 0 Å². The van der Waals surface area contributed by atoms with E-state index in [0.717, 1.165) is 18.4 Å². The molecule has 1 fully saturated rings. The van der Waals surface area contributed by atoms with E-state index in [4.69, 9.17) is 10.5 Å². The molecule has 1 aromatic heterocycles. The fraction of sp³-hybridized carbons (Fsp3) is 0.368. The molecule has 6 nitrogen and oxygen atoms in total. The van der Waals surface area contributed by atoms with Gasteiger partial charge < -0.3 is 20.4 Å². The number of pyridine rings is 1. The molecular formula is C19H24ClN3O3. The van der Waals surface area contributed by atoms with Crippen molar-refractivity contribution in [2.45, 2.75) is 25.4 Å². The zero-order valence-electron chi connectivity index (χ0n) is 14.5. The SMILES string of the molecule is Cl.NC(C(=O)Nc1cccn(Cc2ccccc2)c1=O)C1CCOCC1. The molecule has 0 spiro atoms. The predicted molar refractivity (Wildman–Crippen MR) is 104 cm³/mol. The highest BCUT2D eigenvalue weighted by Gasteiger charge is 2.27. The zero-order valence-corrected chi connectivity index (χ0v) is 15.3. The number of benzene rings is 1. The van der Waals surface area contributed by atoms with Crippen molar-refractivity contribution in [1.29, 1.82) is 0 Å². The molecule has 1 saturated heterocycles. The minimum atomic E-state index is -0.633. The van der Waals surface area contributed by atoms with Crippen LogP contribution in [-0.4, -0.2) is 29.7 Å². The molecule has 26 heavy (non-hydrogen) atoms. The van der Waals surface area contributed by atoms with Crippen molar-refractivity contribution in [3.63, 3.8) is 0 Å². The lowest BCUT2D eigenvalue weighted by molar-refractivity contribution is -0.119. The first-order valence-electron chi connectivity index (χ1n) is 8.53. The van der Waals surface area contributed by atoms with Gasteiger partial charge in [0.2, 0.25) is 5.91 Å². The normalized spacial score (nSPS) is 15.7. The topological polar surface area (TPSA) is 86.4 Å². The molecule has 0 saturated carbocycles. The van der Waals surface area contributed by atoms with Gasteiger partial charge in [-0.05, 0) is 36.5 Å². The molecule has 2 heterocycles. The number of aromatic nitrogens is 1. The molecule has 2 aromatic rings. The van der Waals surface area contributed by atoms with Gasteiger partial charge in [0.05, 0.1) is 12.6 Å². The summed E-state index contributed by atoms with van der Waals surface area (Å²) in [5.74, 6) is -0.231. The number of rotatable bonds is 5. The lowest BCUT2D eigenvalue weighted by Gasteiger charge is -2.26. The Bertz CT molecular complexity index is 773. The maximum absolute atomic E-state index is 12.6. The number of amides is 1. The summed E-state index contributed by atoms with van der Waals surface area (Å²) >= 11 is 0. The van der Waals surface area contributed by atoms with Gasteiger partial charge in [0.25, 0.3) is 5.56 Å². The lowest BCUT2D eigenvalue weighted by Crippen LogP contribution is -2.44. The second kappa shape index (κ2) is 9.52. The summed E-state index contributed by atoms with van der Waals surface area (Å²) in [6.45, 7) is 1.71. The second-order valence-corrected chi connectivity index (χ2v) is 6.31. The van der Waals surface area contributed by atoms with Gasteiger partial charge >= 0.3 is 0 Å². The highest BCUT2D eigenvalue weighted by Crippen LogP contribution is 2.18. The number of nitrogens with two attached hydrogens (primary N) is 1. The van der Waals surface area contributed by atoms with E-state index in [2.05, 4.69) is 5.32 Å². The van der Waals surface area contributed by atoms with Crippen LogP contribution < -0.4 is 16.6 Å². The average molecular weight is 378 g/mol. The van der Waals surface area contributed by atoms with Gasteiger partial charge in [0.15, 0.2) is 0 Å². The Hall–Kier alpha value is -2.15. The molecule has 1 atom stereocenters. The average Bonchev–Trinajstić information content (AvgIpc) is 2.66. The number of nitrogens with zero attached hydrogens (tertiary/aromatic N) is 1. The number of hydrogen-bond acceptors (Lipinski definition) is 4. The van der Waals surface area contributed by atoms with Gasteiger partial charge in [0.1, 0.15) is 5.69 Å². The number of carbonyl (C=O) groups excluding carboxylic acids is 1. The van der Waals surface area contributed by atoms with Gasteiger partial charge in [-0.15, -0.1) is 12.4 Å².